The summed E-state index contributed by atoms with van der Waals surface area (Å²) in [6.07, 6.45) is 10.9. The number of nitrogens with one attached hydrogen (secondary N) is 1. The van der Waals surface area contributed by atoms with Gasteiger partial charge in [0.05, 0.1) is 6.61 Å². The van der Waals surface area contributed by atoms with Crippen molar-refractivity contribution in [3.8, 4) is 0 Å². The van der Waals surface area contributed by atoms with E-state index in [1.807, 2.05) is 13.8 Å². The zero-order valence-electron chi connectivity index (χ0n) is 9.42. The van der Waals surface area contributed by atoms with Crippen LogP contribution in [0.2, 0.25) is 0 Å². The number of aliphatic hydroxyl groups excluding tert-OH is 1. The Hall–Kier alpha value is -0.340. The van der Waals surface area contributed by atoms with Gasteiger partial charge in [-0.2, -0.15) is 0 Å². The molecule has 2 heteroatoms. The quantitative estimate of drug-likeness (QED) is 0.680. The molecule has 2 nitrogen and oxygen atoms in total. The summed E-state index contributed by atoms with van der Waals surface area (Å²) in [7, 11) is 0. The molecule has 0 aromatic rings. The summed E-state index contributed by atoms with van der Waals surface area (Å²) in [5, 5.41) is 12.6. The molecule has 0 bridgehead atoms. The third-order valence-electron chi connectivity index (χ3n) is 2.73. The lowest BCUT2D eigenvalue weighted by molar-refractivity contribution is 0.179. The van der Waals surface area contributed by atoms with Crippen molar-refractivity contribution in [1.82, 2.24) is 5.32 Å². The highest BCUT2D eigenvalue weighted by atomic mass is 16.3. The maximum Gasteiger partial charge on any atom is 0.0608 e. The summed E-state index contributed by atoms with van der Waals surface area (Å²) in [6.45, 7) is 4.27. The maximum absolute atomic E-state index is 9.16. The summed E-state index contributed by atoms with van der Waals surface area (Å²) in [4.78, 5) is 0. The number of aliphatic hydroxyl groups is 1. The Kier molecular flexibility index (Phi) is 4.63. The standard InChI is InChI=1S/C12H23NO/c1-12(2,10-14)13-11-8-6-4-3-5-7-9-11/h6,8,11,13-14H,3-5,7,9-10H2,1-2H3/b8-6-. The summed E-state index contributed by atoms with van der Waals surface area (Å²) < 4.78 is 0. The van der Waals surface area contributed by atoms with E-state index < -0.39 is 0 Å². The van der Waals surface area contributed by atoms with Gasteiger partial charge >= 0.3 is 0 Å². The Balaban J connectivity index is 2.44. The van der Waals surface area contributed by atoms with E-state index in [9.17, 15) is 0 Å². The molecule has 1 aliphatic rings. The lowest BCUT2D eigenvalue weighted by Crippen LogP contribution is -2.47. The molecule has 14 heavy (non-hydrogen) atoms. The zero-order chi connectivity index (χ0) is 10.4. The van der Waals surface area contributed by atoms with E-state index in [2.05, 4.69) is 17.5 Å². The van der Waals surface area contributed by atoms with Gasteiger partial charge in [0.1, 0.15) is 0 Å². The molecule has 1 unspecified atom stereocenters. The first-order valence-corrected chi connectivity index (χ1v) is 5.69. The number of allylic oxidation sites excluding steroid dienone is 1. The van der Waals surface area contributed by atoms with Gasteiger partial charge in [0.15, 0.2) is 0 Å². The van der Waals surface area contributed by atoms with Crippen molar-refractivity contribution in [2.75, 3.05) is 6.61 Å². The second-order valence-corrected chi connectivity index (χ2v) is 4.86. The van der Waals surface area contributed by atoms with Crippen LogP contribution in [0.25, 0.3) is 0 Å². The normalized spacial score (nSPS) is 26.6. The Morgan fingerprint density at radius 1 is 1.36 bits per heavy atom. The van der Waals surface area contributed by atoms with E-state index in [-0.39, 0.29) is 12.1 Å². The number of hydrogen-bond donors (Lipinski definition) is 2. The molecule has 0 saturated carbocycles. The smallest absolute Gasteiger partial charge is 0.0608 e. The van der Waals surface area contributed by atoms with Crippen LogP contribution in [-0.2, 0) is 0 Å². The van der Waals surface area contributed by atoms with Gasteiger partial charge in [-0.05, 0) is 33.1 Å². The molecule has 0 saturated heterocycles. The van der Waals surface area contributed by atoms with Crippen LogP contribution < -0.4 is 5.32 Å². The van der Waals surface area contributed by atoms with Gasteiger partial charge in [0, 0.05) is 11.6 Å². The Bertz CT molecular complexity index is 187. The molecule has 0 amide bonds. The van der Waals surface area contributed by atoms with Crippen molar-refractivity contribution in [2.45, 2.75) is 57.5 Å². The highest BCUT2D eigenvalue weighted by molar-refractivity contribution is 4.97. The molecular formula is C12H23NO. The van der Waals surface area contributed by atoms with Gasteiger partial charge in [-0.1, -0.05) is 25.0 Å². The van der Waals surface area contributed by atoms with E-state index in [4.69, 9.17) is 5.11 Å². The SMILES string of the molecule is CC(C)(CO)NC1/C=C\CCCCC1. The maximum atomic E-state index is 9.16. The fraction of sp³-hybridized carbons (Fsp3) is 0.833. The van der Waals surface area contributed by atoms with Gasteiger partial charge in [-0.25, -0.2) is 0 Å². The molecule has 1 atom stereocenters. The van der Waals surface area contributed by atoms with E-state index >= 15 is 0 Å². The predicted octanol–water partition coefficient (Wildman–Crippen LogP) is 2.24. The molecule has 1 rings (SSSR count). The molecule has 0 heterocycles. The minimum Gasteiger partial charge on any atom is -0.394 e. The van der Waals surface area contributed by atoms with Gasteiger partial charge in [-0.15, -0.1) is 0 Å². The Labute approximate surface area is 87.4 Å². The third-order valence-corrected chi connectivity index (χ3v) is 2.73. The average Bonchev–Trinajstić information content (AvgIpc) is 2.10. The lowest BCUT2D eigenvalue weighted by Gasteiger charge is -2.29. The molecule has 2 N–H and O–H groups in total. The summed E-state index contributed by atoms with van der Waals surface area (Å²) in [5.74, 6) is 0. The zero-order valence-corrected chi connectivity index (χ0v) is 9.42. The van der Waals surface area contributed by atoms with Crippen LogP contribution in [0.5, 0.6) is 0 Å². The van der Waals surface area contributed by atoms with Crippen molar-refractivity contribution in [3.05, 3.63) is 12.2 Å². The summed E-state index contributed by atoms with van der Waals surface area (Å²) >= 11 is 0. The van der Waals surface area contributed by atoms with Crippen LogP contribution >= 0.6 is 0 Å². The largest absolute Gasteiger partial charge is 0.394 e. The molecule has 0 aromatic carbocycles. The van der Waals surface area contributed by atoms with E-state index in [1.165, 1.54) is 32.1 Å². The van der Waals surface area contributed by atoms with Crippen LogP contribution in [0.3, 0.4) is 0 Å². The average molecular weight is 197 g/mol. The van der Waals surface area contributed by atoms with Crippen molar-refractivity contribution >= 4 is 0 Å². The molecule has 0 radical (unpaired) electrons. The fourth-order valence-electron chi connectivity index (χ4n) is 1.83. The van der Waals surface area contributed by atoms with Gasteiger partial charge in [0.25, 0.3) is 0 Å². The second kappa shape index (κ2) is 5.52. The minimum atomic E-state index is -0.159. The molecule has 82 valence electrons. The second-order valence-electron chi connectivity index (χ2n) is 4.86. The summed E-state index contributed by atoms with van der Waals surface area (Å²) in [6, 6.07) is 0.442. The van der Waals surface area contributed by atoms with Crippen LogP contribution in [0.15, 0.2) is 12.2 Å². The molecule has 0 fully saturated rings. The topological polar surface area (TPSA) is 32.3 Å². The molecule has 0 spiro atoms. The van der Waals surface area contributed by atoms with Crippen LogP contribution in [0.1, 0.15) is 46.0 Å². The number of rotatable bonds is 3. The van der Waals surface area contributed by atoms with Crippen LogP contribution in [0, 0.1) is 0 Å². The summed E-state index contributed by atoms with van der Waals surface area (Å²) in [5.41, 5.74) is -0.159. The third kappa shape index (κ3) is 4.25. The first kappa shape index (κ1) is 11.7. The van der Waals surface area contributed by atoms with Gasteiger partial charge in [-0.3, -0.25) is 0 Å². The first-order chi connectivity index (χ1) is 6.64. The molecular weight excluding hydrogens is 174 g/mol. The molecule has 1 aliphatic carbocycles. The van der Waals surface area contributed by atoms with Crippen molar-refractivity contribution in [2.24, 2.45) is 0 Å². The van der Waals surface area contributed by atoms with E-state index in [1.54, 1.807) is 0 Å². The minimum absolute atomic E-state index is 0.159. The highest BCUT2D eigenvalue weighted by Gasteiger charge is 2.19. The van der Waals surface area contributed by atoms with Crippen molar-refractivity contribution in [3.63, 3.8) is 0 Å². The fourth-order valence-corrected chi connectivity index (χ4v) is 1.83. The highest BCUT2D eigenvalue weighted by Crippen LogP contribution is 2.14. The first-order valence-electron chi connectivity index (χ1n) is 5.69. The molecule has 0 aromatic heterocycles. The Morgan fingerprint density at radius 2 is 2.14 bits per heavy atom. The van der Waals surface area contributed by atoms with Crippen molar-refractivity contribution in [1.29, 1.82) is 0 Å². The van der Waals surface area contributed by atoms with E-state index in [0.717, 1.165) is 0 Å². The van der Waals surface area contributed by atoms with Gasteiger partial charge in [0.2, 0.25) is 0 Å². The molecule has 0 aliphatic heterocycles. The van der Waals surface area contributed by atoms with Crippen molar-refractivity contribution < 1.29 is 5.11 Å². The van der Waals surface area contributed by atoms with Crippen LogP contribution in [0.4, 0.5) is 0 Å². The predicted molar refractivity (Wildman–Crippen MR) is 60.3 cm³/mol. The lowest BCUT2D eigenvalue weighted by atomic mass is 9.99. The Morgan fingerprint density at radius 3 is 2.86 bits per heavy atom. The van der Waals surface area contributed by atoms with Gasteiger partial charge < -0.3 is 10.4 Å². The monoisotopic (exact) mass is 197 g/mol. The number of hydrogen-bond acceptors (Lipinski definition) is 2. The van der Waals surface area contributed by atoms with Crippen LogP contribution in [-0.4, -0.2) is 23.3 Å². The van der Waals surface area contributed by atoms with E-state index in [0.29, 0.717) is 6.04 Å².